The minimum Gasteiger partial charge on any atom is -0.310 e. The van der Waals surface area contributed by atoms with Crippen molar-refractivity contribution in [1.82, 2.24) is 14.4 Å². The van der Waals surface area contributed by atoms with Crippen LogP contribution in [0.4, 0.5) is 5.69 Å². The van der Waals surface area contributed by atoms with Gasteiger partial charge in [-0.2, -0.15) is 10.5 Å². The molecule has 29 heavy (non-hydrogen) atoms. The third kappa shape index (κ3) is 3.29. The van der Waals surface area contributed by atoms with Gasteiger partial charge in [-0.15, -0.1) is 0 Å². The number of nitrogens with zero attached hydrogens (tertiary/aromatic N) is 6. The van der Waals surface area contributed by atoms with Gasteiger partial charge in [0.25, 0.3) is 5.91 Å². The zero-order valence-electron chi connectivity index (χ0n) is 15.4. The van der Waals surface area contributed by atoms with Gasteiger partial charge in [-0.05, 0) is 36.4 Å². The van der Waals surface area contributed by atoms with E-state index in [0.717, 1.165) is 11.3 Å². The number of imidazole rings is 1. The smallest absolute Gasteiger partial charge is 0.278 e. The van der Waals surface area contributed by atoms with E-state index in [1.54, 1.807) is 66.4 Å². The number of anilines is 1. The van der Waals surface area contributed by atoms with Gasteiger partial charge in [0, 0.05) is 24.5 Å². The molecule has 0 aliphatic rings. The number of hydrogen-bond acceptors (Lipinski definition) is 5. The molecule has 0 saturated heterocycles. The second-order valence-electron chi connectivity index (χ2n) is 6.36. The zero-order chi connectivity index (χ0) is 20.4. The van der Waals surface area contributed by atoms with Gasteiger partial charge in [0.2, 0.25) is 0 Å². The number of carbonyl (C=O) groups is 1. The molecule has 7 heteroatoms. The van der Waals surface area contributed by atoms with Crippen LogP contribution in [0, 0.1) is 22.7 Å². The van der Waals surface area contributed by atoms with Crippen molar-refractivity contribution in [3.63, 3.8) is 0 Å². The molecule has 138 valence electrons. The first-order chi connectivity index (χ1) is 14.1. The van der Waals surface area contributed by atoms with Crippen molar-refractivity contribution in [2.45, 2.75) is 0 Å². The van der Waals surface area contributed by atoms with Crippen LogP contribution in [0.2, 0.25) is 0 Å². The van der Waals surface area contributed by atoms with E-state index in [9.17, 15) is 4.79 Å². The van der Waals surface area contributed by atoms with Crippen LogP contribution in [-0.2, 0) is 0 Å². The van der Waals surface area contributed by atoms with Crippen molar-refractivity contribution in [1.29, 1.82) is 10.5 Å². The summed E-state index contributed by atoms with van der Waals surface area (Å²) >= 11 is 0. The summed E-state index contributed by atoms with van der Waals surface area (Å²) in [4.78, 5) is 23.0. The maximum Gasteiger partial charge on any atom is 0.278 e. The summed E-state index contributed by atoms with van der Waals surface area (Å²) in [5.41, 5.74) is 4.31. The van der Waals surface area contributed by atoms with Crippen molar-refractivity contribution in [2.24, 2.45) is 0 Å². The molecule has 0 spiro atoms. The summed E-state index contributed by atoms with van der Waals surface area (Å²) in [5.74, 6) is -0.281. The Hall–Kier alpha value is -4.49. The molecule has 0 aliphatic carbocycles. The summed E-state index contributed by atoms with van der Waals surface area (Å²) in [6.45, 7) is 0. The fraction of sp³-hybridized carbons (Fsp3) is 0.0455. The molecule has 0 aliphatic heterocycles. The average molecular weight is 378 g/mol. The second-order valence-corrected chi connectivity index (χ2v) is 6.36. The Bertz CT molecular complexity index is 1290. The first-order valence-electron chi connectivity index (χ1n) is 8.72. The van der Waals surface area contributed by atoms with Gasteiger partial charge in [-0.3, -0.25) is 9.20 Å². The number of carbonyl (C=O) groups excluding carboxylic acids is 1. The molecule has 2 aromatic carbocycles. The SMILES string of the molecule is CN(C(=O)c1cn2c(-c3ccc(C#N)cc3)cnc2cn1)c1ccc(C#N)cc1. The Morgan fingerprint density at radius 1 is 0.931 bits per heavy atom. The Morgan fingerprint density at radius 3 is 2.17 bits per heavy atom. The lowest BCUT2D eigenvalue weighted by molar-refractivity contribution is 0.0988. The highest BCUT2D eigenvalue weighted by atomic mass is 16.2. The third-order valence-corrected chi connectivity index (χ3v) is 4.61. The van der Waals surface area contributed by atoms with Crippen molar-refractivity contribution < 1.29 is 4.79 Å². The molecule has 0 unspecified atom stereocenters. The lowest BCUT2D eigenvalue weighted by Gasteiger charge is -2.17. The van der Waals surface area contributed by atoms with E-state index >= 15 is 0 Å². The summed E-state index contributed by atoms with van der Waals surface area (Å²) in [6.07, 6.45) is 4.91. The molecule has 1 amide bonds. The summed E-state index contributed by atoms with van der Waals surface area (Å²) < 4.78 is 1.80. The number of fused-ring (bicyclic) bond motifs is 1. The Morgan fingerprint density at radius 2 is 1.55 bits per heavy atom. The highest BCUT2D eigenvalue weighted by Crippen LogP contribution is 2.22. The average Bonchev–Trinajstić information content (AvgIpc) is 3.21. The summed E-state index contributed by atoms with van der Waals surface area (Å²) in [7, 11) is 1.66. The molecule has 0 atom stereocenters. The number of rotatable bonds is 3. The number of benzene rings is 2. The zero-order valence-corrected chi connectivity index (χ0v) is 15.4. The van der Waals surface area contributed by atoms with Crippen LogP contribution in [-0.4, -0.2) is 27.3 Å². The Balaban J connectivity index is 1.69. The summed E-state index contributed by atoms with van der Waals surface area (Å²) in [6, 6.07) is 18.1. The van der Waals surface area contributed by atoms with Crippen LogP contribution in [0.1, 0.15) is 21.6 Å². The van der Waals surface area contributed by atoms with Crippen molar-refractivity contribution in [3.05, 3.63) is 83.9 Å². The molecule has 2 heterocycles. The van der Waals surface area contributed by atoms with E-state index in [4.69, 9.17) is 10.5 Å². The largest absolute Gasteiger partial charge is 0.310 e. The number of aromatic nitrogens is 3. The van der Waals surface area contributed by atoms with E-state index in [0.29, 0.717) is 22.5 Å². The Kier molecular flexibility index (Phi) is 4.48. The predicted octanol–water partition coefficient (Wildman–Crippen LogP) is 3.42. The maximum atomic E-state index is 12.9. The first kappa shape index (κ1) is 17.9. The van der Waals surface area contributed by atoms with Gasteiger partial charge in [0.05, 0.1) is 41.4 Å². The second kappa shape index (κ2) is 7.26. The molecule has 0 N–H and O–H groups in total. The van der Waals surface area contributed by atoms with Gasteiger partial charge < -0.3 is 4.90 Å². The van der Waals surface area contributed by atoms with E-state index in [-0.39, 0.29) is 11.6 Å². The molecule has 2 aromatic heterocycles. The normalized spacial score (nSPS) is 10.3. The first-order valence-corrected chi connectivity index (χ1v) is 8.72. The number of amides is 1. The van der Waals surface area contributed by atoms with Crippen molar-refractivity contribution >= 4 is 17.2 Å². The molecular weight excluding hydrogens is 364 g/mol. The minimum atomic E-state index is -0.281. The van der Waals surface area contributed by atoms with Crippen molar-refractivity contribution in [2.75, 3.05) is 11.9 Å². The fourth-order valence-electron chi connectivity index (χ4n) is 2.98. The molecule has 0 saturated carbocycles. The van der Waals surface area contributed by atoms with E-state index in [1.165, 1.54) is 4.90 Å². The predicted molar refractivity (Wildman–Crippen MR) is 107 cm³/mol. The van der Waals surface area contributed by atoms with E-state index in [1.807, 2.05) is 12.1 Å². The molecule has 0 fully saturated rings. The minimum absolute atomic E-state index is 0.261. The van der Waals surface area contributed by atoms with Crippen LogP contribution < -0.4 is 4.90 Å². The van der Waals surface area contributed by atoms with E-state index < -0.39 is 0 Å². The quantitative estimate of drug-likeness (QED) is 0.544. The van der Waals surface area contributed by atoms with Gasteiger partial charge in [0.1, 0.15) is 5.69 Å². The fourth-order valence-corrected chi connectivity index (χ4v) is 2.98. The lowest BCUT2D eigenvalue weighted by Crippen LogP contribution is -2.27. The lowest BCUT2D eigenvalue weighted by atomic mass is 10.1. The van der Waals surface area contributed by atoms with E-state index in [2.05, 4.69) is 22.1 Å². The van der Waals surface area contributed by atoms with Crippen molar-refractivity contribution in [3.8, 4) is 23.4 Å². The van der Waals surface area contributed by atoms with Gasteiger partial charge in [0.15, 0.2) is 5.65 Å². The molecule has 4 rings (SSSR count). The van der Waals surface area contributed by atoms with Gasteiger partial charge >= 0.3 is 0 Å². The number of hydrogen-bond donors (Lipinski definition) is 0. The standard InChI is InChI=1S/C22H14N6O/c1-27(18-8-4-16(11-24)5-9-18)22(29)19-14-28-20(12-26-21(28)13-25-19)17-6-2-15(10-23)3-7-17/h2-9,12-14H,1H3. The van der Waals surface area contributed by atoms with Gasteiger partial charge in [-0.1, -0.05) is 12.1 Å². The van der Waals surface area contributed by atoms with Crippen LogP contribution in [0.5, 0.6) is 0 Å². The maximum absolute atomic E-state index is 12.9. The monoisotopic (exact) mass is 378 g/mol. The van der Waals surface area contributed by atoms with Crippen LogP contribution in [0.3, 0.4) is 0 Å². The highest BCUT2D eigenvalue weighted by molar-refractivity contribution is 6.04. The number of nitriles is 2. The van der Waals surface area contributed by atoms with Crippen LogP contribution >= 0.6 is 0 Å². The van der Waals surface area contributed by atoms with Crippen LogP contribution in [0.25, 0.3) is 16.9 Å². The molecular formula is C22H14N6O. The molecule has 0 bridgehead atoms. The third-order valence-electron chi connectivity index (χ3n) is 4.61. The van der Waals surface area contributed by atoms with Crippen LogP contribution in [0.15, 0.2) is 67.1 Å². The molecule has 0 radical (unpaired) electrons. The molecule has 7 nitrogen and oxygen atoms in total. The molecule has 4 aromatic rings. The topological polar surface area (TPSA) is 98.1 Å². The Labute approximate surface area is 166 Å². The highest BCUT2D eigenvalue weighted by Gasteiger charge is 2.17. The summed E-state index contributed by atoms with van der Waals surface area (Å²) in [5, 5.41) is 17.9. The van der Waals surface area contributed by atoms with Gasteiger partial charge in [-0.25, -0.2) is 9.97 Å².